The molecule has 1 aliphatic heterocycles. The number of carbonyl (C=O) groups is 2. The maximum Gasteiger partial charge on any atom is 0.282 e. The van der Waals surface area contributed by atoms with Crippen molar-refractivity contribution in [2.75, 3.05) is 17.3 Å². The number of rotatable bonds is 5. The SMILES string of the molecule is COc1ccccc1C1=C(Nc2cccc3ccccc23)C(=O)N(c2ccccc2)C1=O. The number of nitrogens with one attached hydrogen (secondary N) is 1. The van der Waals surface area contributed by atoms with Gasteiger partial charge in [0.1, 0.15) is 11.4 Å². The Hall–Kier alpha value is -4.38. The Morgan fingerprint density at radius 3 is 2.22 bits per heavy atom. The molecule has 1 heterocycles. The molecule has 2 amide bonds. The first-order valence-corrected chi connectivity index (χ1v) is 10.3. The van der Waals surface area contributed by atoms with Gasteiger partial charge in [-0.15, -0.1) is 0 Å². The first kappa shape index (κ1) is 19.6. The fourth-order valence-corrected chi connectivity index (χ4v) is 4.03. The molecule has 0 fully saturated rings. The van der Waals surface area contributed by atoms with Gasteiger partial charge in [-0.25, -0.2) is 4.90 Å². The van der Waals surface area contributed by atoms with E-state index >= 15 is 0 Å². The van der Waals surface area contributed by atoms with E-state index in [0.29, 0.717) is 17.0 Å². The normalized spacial score (nSPS) is 13.7. The number of para-hydroxylation sites is 2. The fraction of sp³-hybridized carbons (Fsp3) is 0.0370. The predicted octanol–water partition coefficient (Wildman–Crippen LogP) is 5.25. The smallest absolute Gasteiger partial charge is 0.282 e. The van der Waals surface area contributed by atoms with E-state index < -0.39 is 11.8 Å². The van der Waals surface area contributed by atoms with Crippen molar-refractivity contribution >= 4 is 39.5 Å². The third-order valence-corrected chi connectivity index (χ3v) is 5.52. The minimum Gasteiger partial charge on any atom is -0.496 e. The van der Waals surface area contributed by atoms with Crippen LogP contribution in [0.25, 0.3) is 16.3 Å². The summed E-state index contributed by atoms with van der Waals surface area (Å²) in [5, 5.41) is 5.27. The second kappa shape index (κ2) is 8.04. The highest BCUT2D eigenvalue weighted by Gasteiger charge is 2.41. The number of methoxy groups -OCH3 is 1. The molecule has 4 aromatic rings. The molecular weight excluding hydrogens is 400 g/mol. The molecule has 0 radical (unpaired) electrons. The average Bonchev–Trinajstić information content (AvgIpc) is 3.08. The lowest BCUT2D eigenvalue weighted by Crippen LogP contribution is -2.32. The third kappa shape index (κ3) is 3.20. The summed E-state index contributed by atoms with van der Waals surface area (Å²) in [5.41, 5.74) is 2.34. The highest BCUT2D eigenvalue weighted by atomic mass is 16.5. The van der Waals surface area contributed by atoms with Crippen molar-refractivity contribution in [1.29, 1.82) is 0 Å². The summed E-state index contributed by atoms with van der Waals surface area (Å²) >= 11 is 0. The van der Waals surface area contributed by atoms with Crippen molar-refractivity contribution < 1.29 is 14.3 Å². The van der Waals surface area contributed by atoms with E-state index in [0.717, 1.165) is 16.5 Å². The molecule has 32 heavy (non-hydrogen) atoms. The first-order valence-electron chi connectivity index (χ1n) is 10.3. The molecule has 5 nitrogen and oxygen atoms in total. The largest absolute Gasteiger partial charge is 0.496 e. The minimum atomic E-state index is -0.407. The highest BCUT2D eigenvalue weighted by Crippen LogP contribution is 2.38. The number of amides is 2. The lowest BCUT2D eigenvalue weighted by molar-refractivity contribution is -0.120. The van der Waals surface area contributed by atoms with E-state index in [1.54, 1.807) is 43.5 Å². The zero-order valence-corrected chi connectivity index (χ0v) is 17.4. The molecule has 0 spiro atoms. The summed E-state index contributed by atoms with van der Waals surface area (Å²) in [7, 11) is 1.55. The number of hydrogen-bond donors (Lipinski definition) is 1. The van der Waals surface area contributed by atoms with Gasteiger partial charge in [0, 0.05) is 16.6 Å². The Labute approximate surface area is 185 Å². The number of imide groups is 1. The van der Waals surface area contributed by atoms with Crippen LogP contribution in [0.4, 0.5) is 11.4 Å². The number of benzene rings is 4. The maximum absolute atomic E-state index is 13.6. The molecular formula is C27H20N2O3. The number of fused-ring (bicyclic) bond motifs is 1. The Bertz CT molecular complexity index is 1370. The average molecular weight is 420 g/mol. The Morgan fingerprint density at radius 1 is 0.719 bits per heavy atom. The van der Waals surface area contributed by atoms with Gasteiger partial charge >= 0.3 is 0 Å². The van der Waals surface area contributed by atoms with Gasteiger partial charge < -0.3 is 10.1 Å². The lowest BCUT2D eigenvalue weighted by atomic mass is 10.0. The van der Waals surface area contributed by atoms with E-state index in [2.05, 4.69) is 5.32 Å². The van der Waals surface area contributed by atoms with Gasteiger partial charge in [0.05, 0.1) is 18.4 Å². The molecule has 0 saturated heterocycles. The Balaban J connectivity index is 1.70. The number of nitrogens with zero attached hydrogens (tertiary/aromatic N) is 1. The van der Waals surface area contributed by atoms with Crippen LogP contribution in [-0.4, -0.2) is 18.9 Å². The van der Waals surface area contributed by atoms with Gasteiger partial charge in [-0.05, 0) is 29.7 Å². The molecule has 1 N–H and O–H groups in total. The number of anilines is 2. The van der Waals surface area contributed by atoms with Crippen molar-refractivity contribution in [2.45, 2.75) is 0 Å². The van der Waals surface area contributed by atoms with Crippen LogP contribution >= 0.6 is 0 Å². The molecule has 156 valence electrons. The van der Waals surface area contributed by atoms with Crippen molar-refractivity contribution in [3.05, 3.63) is 108 Å². The number of carbonyl (C=O) groups excluding carboxylic acids is 2. The van der Waals surface area contributed by atoms with Gasteiger partial charge in [-0.2, -0.15) is 0 Å². The number of ether oxygens (including phenoxy) is 1. The van der Waals surface area contributed by atoms with Gasteiger partial charge in [0.2, 0.25) is 0 Å². The highest BCUT2D eigenvalue weighted by molar-refractivity contribution is 6.46. The number of hydrogen-bond acceptors (Lipinski definition) is 4. The molecule has 1 aliphatic rings. The molecule has 4 aromatic carbocycles. The van der Waals surface area contributed by atoms with Crippen LogP contribution in [0.1, 0.15) is 5.56 Å². The van der Waals surface area contributed by atoms with Crippen LogP contribution in [0.2, 0.25) is 0 Å². The van der Waals surface area contributed by atoms with Crippen molar-refractivity contribution in [3.63, 3.8) is 0 Å². The monoisotopic (exact) mass is 420 g/mol. The summed E-state index contributed by atoms with van der Waals surface area (Å²) < 4.78 is 5.51. The van der Waals surface area contributed by atoms with Gasteiger partial charge in [-0.3, -0.25) is 9.59 Å². The van der Waals surface area contributed by atoms with E-state index in [-0.39, 0.29) is 11.3 Å². The van der Waals surface area contributed by atoms with Gasteiger partial charge in [0.25, 0.3) is 11.8 Å². The molecule has 0 saturated carbocycles. The van der Waals surface area contributed by atoms with Crippen LogP contribution in [0.3, 0.4) is 0 Å². The summed E-state index contributed by atoms with van der Waals surface area (Å²) in [6, 6.07) is 29.9. The van der Waals surface area contributed by atoms with E-state index in [1.807, 2.05) is 60.7 Å². The second-order valence-electron chi connectivity index (χ2n) is 7.38. The van der Waals surface area contributed by atoms with Crippen LogP contribution in [0.5, 0.6) is 5.75 Å². The zero-order valence-electron chi connectivity index (χ0n) is 17.4. The van der Waals surface area contributed by atoms with Crippen molar-refractivity contribution in [3.8, 4) is 5.75 Å². The van der Waals surface area contributed by atoms with Crippen LogP contribution in [0, 0.1) is 0 Å². The summed E-state index contributed by atoms with van der Waals surface area (Å²) in [6.45, 7) is 0. The molecule has 5 rings (SSSR count). The van der Waals surface area contributed by atoms with E-state index in [4.69, 9.17) is 4.74 Å². The quantitative estimate of drug-likeness (QED) is 0.448. The minimum absolute atomic E-state index is 0.222. The maximum atomic E-state index is 13.6. The summed E-state index contributed by atoms with van der Waals surface area (Å²) in [4.78, 5) is 28.4. The molecule has 0 unspecified atom stereocenters. The summed E-state index contributed by atoms with van der Waals surface area (Å²) in [5.74, 6) is -0.278. The van der Waals surface area contributed by atoms with Crippen LogP contribution in [0.15, 0.2) is 103 Å². The Kier molecular flexibility index (Phi) is 4.92. The third-order valence-electron chi connectivity index (χ3n) is 5.52. The zero-order chi connectivity index (χ0) is 22.1. The standard InChI is InChI=1S/C27H20N2O3/c1-32-23-17-8-7-15-21(23)24-25(27(31)29(26(24)30)19-12-3-2-4-13-19)28-22-16-9-11-18-10-5-6-14-20(18)22/h2-17,28H,1H3. The van der Waals surface area contributed by atoms with Crippen LogP contribution < -0.4 is 15.0 Å². The Morgan fingerprint density at radius 2 is 1.41 bits per heavy atom. The molecule has 0 aliphatic carbocycles. The van der Waals surface area contributed by atoms with Crippen molar-refractivity contribution in [2.24, 2.45) is 0 Å². The van der Waals surface area contributed by atoms with Crippen LogP contribution in [-0.2, 0) is 9.59 Å². The van der Waals surface area contributed by atoms with E-state index in [9.17, 15) is 9.59 Å². The molecule has 0 atom stereocenters. The first-order chi connectivity index (χ1) is 15.7. The molecule has 0 aromatic heterocycles. The topological polar surface area (TPSA) is 58.6 Å². The van der Waals surface area contributed by atoms with Gasteiger partial charge in [0.15, 0.2) is 0 Å². The lowest BCUT2D eigenvalue weighted by Gasteiger charge is -2.15. The van der Waals surface area contributed by atoms with Crippen molar-refractivity contribution in [1.82, 2.24) is 0 Å². The second-order valence-corrected chi connectivity index (χ2v) is 7.38. The summed E-state index contributed by atoms with van der Waals surface area (Å²) in [6.07, 6.45) is 0. The fourth-order valence-electron chi connectivity index (χ4n) is 4.03. The van der Waals surface area contributed by atoms with Gasteiger partial charge in [-0.1, -0.05) is 72.8 Å². The molecule has 5 heteroatoms. The predicted molar refractivity (Wildman–Crippen MR) is 126 cm³/mol. The molecule has 0 bridgehead atoms. The van der Waals surface area contributed by atoms with E-state index in [1.165, 1.54) is 4.90 Å².